The number of aliphatic imine (C=N–C) groups is 1. The molecule has 0 spiro atoms. The molecule has 1 aliphatic carbocycles. The molecule has 2 fully saturated rings. The van der Waals surface area contributed by atoms with Crippen molar-refractivity contribution in [2.45, 2.75) is 45.6 Å². The van der Waals surface area contributed by atoms with E-state index in [1.54, 1.807) is 11.8 Å². The normalized spacial score (nSPS) is 30.7. The van der Waals surface area contributed by atoms with Gasteiger partial charge >= 0.3 is 0 Å². The van der Waals surface area contributed by atoms with E-state index in [9.17, 15) is 4.79 Å². The molecule has 1 aliphatic heterocycles. The third-order valence-corrected chi connectivity index (χ3v) is 5.05. The average Bonchev–Trinajstić information content (AvgIpc) is 2.36. The van der Waals surface area contributed by atoms with Crippen molar-refractivity contribution in [3.8, 4) is 0 Å². The molecule has 0 aromatic carbocycles. The molecule has 1 saturated heterocycles. The zero-order valence-electron chi connectivity index (χ0n) is 11.2. The van der Waals surface area contributed by atoms with Crippen LogP contribution >= 0.6 is 11.8 Å². The lowest BCUT2D eigenvalue weighted by Crippen LogP contribution is -2.46. The van der Waals surface area contributed by atoms with E-state index < -0.39 is 5.41 Å². The van der Waals surface area contributed by atoms with Crippen LogP contribution in [0.1, 0.15) is 39.5 Å². The highest BCUT2D eigenvalue weighted by Gasteiger charge is 2.31. The van der Waals surface area contributed by atoms with Crippen LogP contribution in [0.15, 0.2) is 4.99 Å². The molecule has 18 heavy (non-hydrogen) atoms. The van der Waals surface area contributed by atoms with Crippen molar-refractivity contribution in [1.82, 2.24) is 5.32 Å². The Morgan fingerprint density at radius 2 is 2.22 bits per heavy atom. The Bertz CT molecular complexity index is 354. The topological polar surface area (TPSA) is 67.5 Å². The molecule has 3 N–H and O–H groups in total. The zero-order chi connectivity index (χ0) is 13.2. The summed E-state index contributed by atoms with van der Waals surface area (Å²) in [7, 11) is 0. The third kappa shape index (κ3) is 3.19. The van der Waals surface area contributed by atoms with Crippen LogP contribution in [0.25, 0.3) is 0 Å². The maximum Gasteiger partial charge on any atom is 0.224 e. The maximum absolute atomic E-state index is 11.2. The van der Waals surface area contributed by atoms with Gasteiger partial charge in [-0.25, -0.2) is 0 Å². The molecule has 0 aromatic heterocycles. The van der Waals surface area contributed by atoms with Crippen molar-refractivity contribution in [1.29, 1.82) is 0 Å². The highest BCUT2D eigenvalue weighted by Crippen LogP contribution is 2.31. The summed E-state index contributed by atoms with van der Waals surface area (Å²) >= 11 is 1.79. The van der Waals surface area contributed by atoms with Crippen molar-refractivity contribution in [2.75, 3.05) is 12.3 Å². The van der Waals surface area contributed by atoms with Gasteiger partial charge in [-0.15, -0.1) is 0 Å². The summed E-state index contributed by atoms with van der Waals surface area (Å²) in [4.78, 5) is 15.8. The molecule has 102 valence electrons. The predicted octanol–water partition coefficient (Wildman–Crippen LogP) is 1.75. The minimum Gasteiger partial charge on any atom is -0.369 e. The summed E-state index contributed by atoms with van der Waals surface area (Å²) in [5.41, 5.74) is 4.80. The molecule has 2 rings (SSSR count). The van der Waals surface area contributed by atoms with Crippen LogP contribution in [-0.4, -0.2) is 29.4 Å². The molecule has 2 aliphatic rings. The van der Waals surface area contributed by atoms with Gasteiger partial charge in [0.15, 0.2) is 5.17 Å². The Hall–Kier alpha value is -0.710. The SMILES string of the molecule is CC(C)(CN=C1NC2CCCCC2CS1)C(N)=O. The molecule has 0 radical (unpaired) electrons. The van der Waals surface area contributed by atoms with Gasteiger partial charge in [0.05, 0.1) is 12.0 Å². The summed E-state index contributed by atoms with van der Waals surface area (Å²) in [6, 6.07) is 0.593. The molecule has 1 heterocycles. The van der Waals surface area contributed by atoms with Gasteiger partial charge in [-0.1, -0.05) is 24.6 Å². The standard InChI is InChI=1S/C13H23N3OS/c1-13(2,11(14)17)8-15-12-16-10-6-4-3-5-9(10)7-18-12/h9-10H,3-8H2,1-2H3,(H2,14,17)(H,15,16). The highest BCUT2D eigenvalue weighted by atomic mass is 32.2. The lowest BCUT2D eigenvalue weighted by Gasteiger charge is -2.37. The Kier molecular flexibility index (Phi) is 4.20. The van der Waals surface area contributed by atoms with Gasteiger partial charge in [0, 0.05) is 11.8 Å². The second-order valence-corrected chi connectivity index (χ2v) is 6.98. The first-order valence-electron chi connectivity index (χ1n) is 6.73. The molecule has 5 heteroatoms. The smallest absolute Gasteiger partial charge is 0.224 e. The number of carbonyl (C=O) groups is 1. The van der Waals surface area contributed by atoms with E-state index >= 15 is 0 Å². The fourth-order valence-electron chi connectivity index (χ4n) is 2.42. The van der Waals surface area contributed by atoms with Crippen molar-refractivity contribution in [3.63, 3.8) is 0 Å². The largest absolute Gasteiger partial charge is 0.369 e. The van der Waals surface area contributed by atoms with E-state index in [2.05, 4.69) is 10.3 Å². The van der Waals surface area contributed by atoms with E-state index in [0.29, 0.717) is 12.6 Å². The summed E-state index contributed by atoms with van der Waals surface area (Å²) in [5, 5.41) is 4.52. The van der Waals surface area contributed by atoms with E-state index in [-0.39, 0.29) is 5.91 Å². The second kappa shape index (κ2) is 5.51. The molecule has 1 amide bonds. The molecule has 2 unspecified atom stereocenters. The van der Waals surface area contributed by atoms with Crippen LogP contribution in [0.4, 0.5) is 0 Å². The fourth-order valence-corrected chi connectivity index (χ4v) is 3.58. The number of rotatable bonds is 3. The van der Waals surface area contributed by atoms with Crippen molar-refractivity contribution >= 4 is 22.8 Å². The van der Waals surface area contributed by atoms with Gasteiger partial charge < -0.3 is 11.1 Å². The summed E-state index contributed by atoms with van der Waals surface area (Å²) in [6.07, 6.45) is 5.28. The van der Waals surface area contributed by atoms with Gasteiger partial charge in [0.25, 0.3) is 0 Å². The number of nitrogens with one attached hydrogen (secondary N) is 1. The Balaban J connectivity index is 1.92. The van der Waals surface area contributed by atoms with Crippen LogP contribution in [0, 0.1) is 11.3 Å². The van der Waals surface area contributed by atoms with Crippen molar-refractivity contribution in [3.05, 3.63) is 0 Å². The van der Waals surface area contributed by atoms with Crippen molar-refractivity contribution in [2.24, 2.45) is 22.1 Å². The van der Waals surface area contributed by atoms with E-state index in [1.807, 2.05) is 13.8 Å². The highest BCUT2D eigenvalue weighted by molar-refractivity contribution is 8.13. The quantitative estimate of drug-likeness (QED) is 0.820. The number of primary amides is 1. The number of carbonyl (C=O) groups excluding carboxylic acids is 1. The zero-order valence-corrected chi connectivity index (χ0v) is 12.1. The van der Waals surface area contributed by atoms with E-state index in [1.165, 1.54) is 25.7 Å². The third-order valence-electron chi connectivity index (χ3n) is 3.94. The minimum absolute atomic E-state index is 0.289. The first-order chi connectivity index (χ1) is 8.49. The molecule has 0 bridgehead atoms. The molecule has 4 nitrogen and oxygen atoms in total. The van der Waals surface area contributed by atoms with Crippen LogP contribution in [0.5, 0.6) is 0 Å². The number of thioether (sulfide) groups is 1. The van der Waals surface area contributed by atoms with Gasteiger partial charge in [0.2, 0.25) is 5.91 Å². The Labute approximate surface area is 113 Å². The lowest BCUT2D eigenvalue weighted by atomic mass is 9.86. The van der Waals surface area contributed by atoms with Gasteiger partial charge in [0.1, 0.15) is 0 Å². The Morgan fingerprint density at radius 1 is 1.50 bits per heavy atom. The summed E-state index contributed by atoms with van der Waals surface area (Å²) in [6.45, 7) is 4.15. The van der Waals surface area contributed by atoms with E-state index in [4.69, 9.17) is 5.73 Å². The molecule has 1 saturated carbocycles. The first kappa shape index (κ1) is 13.7. The summed E-state index contributed by atoms with van der Waals surface area (Å²) < 4.78 is 0. The minimum atomic E-state index is -0.557. The number of fused-ring (bicyclic) bond motifs is 1. The van der Waals surface area contributed by atoms with Crippen LogP contribution in [-0.2, 0) is 4.79 Å². The summed E-state index contributed by atoms with van der Waals surface area (Å²) in [5.74, 6) is 1.67. The van der Waals surface area contributed by atoms with Gasteiger partial charge in [-0.2, -0.15) is 0 Å². The lowest BCUT2D eigenvalue weighted by molar-refractivity contribution is -0.125. The van der Waals surface area contributed by atoms with Gasteiger partial charge in [-0.3, -0.25) is 9.79 Å². The fraction of sp³-hybridized carbons (Fsp3) is 0.846. The van der Waals surface area contributed by atoms with Crippen LogP contribution < -0.4 is 11.1 Å². The monoisotopic (exact) mass is 269 g/mol. The molecule has 0 aromatic rings. The Morgan fingerprint density at radius 3 is 2.94 bits per heavy atom. The van der Waals surface area contributed by atoms with Crippen molar-refractivity contribution < 1.29 is 4.79 Å². The van der Waals surface area contributed by atoms with Crippen LogP contribution in [0.2, 0.25) is 0 Å². The van der Waals surface area contributed by atoms with E-state index in [0.717, 1.165) is 16.8 Å². The number of nitrogens with two attached hydrogens (primary N) is 1. The number of hydrogen-bond acceptors (Lipinski definition) is 3. The maximum atomic E-state index is 11.2. The second-order valence-electron chi connectivity index (χ2n) is 5.98. The number of amidine groups is 1. The first-order valence-corrected chi connectivity index (χ1v) is 7.71. The average molecular weight is 269 g/mol. The predicted molar refractivity (Wildman–Crippen MR) is 76.6 cm³/mol. The molecule has 2 atom stereocenters. The molecular weight excluding hydrogens is 246 g/mol. The number of nitrogens with zero attached hydrogens (tertiary/aromatic N) is 1. The number of hydrogen-bond donors (Lipinski definition) is 2. The molecular formula is C13H23N3OS. The number of amides is 1. The van der Waals surface area contributed by atoms with Crippen LogP contribution in [0.3, 0.4) is 0 Å². The van der Waals surface area contributed by atoms with Gasteiger partial charge in [-0.05, 0) is 32.6 Å².